The van der Waals surface area contributed by atoms with Gasteiger partial charge in [0.25, 0.3) is 5.91 Å². The Morgan fingerprint density at radius 2 is 1.92 bits per heavy atom. The van der Waals surface area contributed by atoms with Gasteiger partial charge >= 0.3 is 5.97 Å². The maximum Gasteiger partial charge on any atom is 0.306 e. The van der Waals surface area contributed by atoms with Gasteiger partial charge in [-0.15, -0.1) is 0 Å². The van der Waals surface area contributed by atoms with Crippen LogP contribution in [0.15, 0.2) is 23.1 Å². The summed E-state index contributed by atoms with van der Waals surface area (Å²) in [5.74, 6) is -3.13. The zero-order chi connectivity index (χ0) is 18.3. The van der Waals surface area contributed by atoms with Crippen LogP contribution in [0.5, 0.6) is 0 Å². The van der Waals surface area contributed by atoms with Crippen molar-refractivity contribution in [1.82, 2.24) is 9.62 Å². The van der Waals surface area contributed by atoms with Gasteiger partial charge in [-0.1, -0.05) is 0 Å². The molecule has 0 aliphatic rings. The number of amides is 1. The van der Waals surface area contributed by atoms with Crippen molar-refractivity contribution in [3.05, 3.63) is 29.8 Å². The van der Waals surface area contributed by atoms with Crippen molar-refractivity contribution in [1.29, 1.82) is 0 Å². The van der Waals surface area contributed by atoms with E-state index in [0.717, 1.165) is 12.1 Å². The van der Waals surface area contributed by atoms with Crippen LogP contribution in [0.3, 0.4) is 0 Å². The highest BCUT2D eigenvalue weighted by Crippen LogP contribution is 2.15. The van der Waals surface area contributed by atoms with Gasteiger partial charge in [-0.3, -0.25) is 9.59 Å². The van der Waals surface area contributed by atoms with Gasteiger partial charge in [-0.2, -0.15) is 0 Å². The molecule has 0 heterocycles. The smallest absolute Gasteiger partial charge is 0.306 e. The molecule has 0 bridgehead atoms. The number of likely N-dealkylation sites (N-methyl/N-ethyl adjacent to an activating group) is 1. The molecule has 10 heteroatoms. The number of halogens is 2. The van der Waals surface area contributed by atoms with Gasteiger partial charge in [0.2, 0.25) is 10.0 Å². The third kappa shape index (κ3) is 6.20. The first-order valence-electron chi connectivity index (χ1n) is 6.94. The third-order valence-electron chi connectivity index (χ3n) is 2.89. The highest BCUT2D eigenvalue weighted by Gasteiger charge is 2.19. The second-order valence-electron chi connectivity index (χ2n) is 5.02. The summed E-state index contributed by atoms with van der Waals surface area (Å²) >= 11 is 0. The quantitative estimate of drug-likeness (QED) is 0.540. The molecule has 0 fully saturated rings. The lowest BCUT2D eigenvalue weighted by Gasteiger charge is -2.10. The Hall–Kier alpha value is -2.07. The molecule has 0 unspecified atom stereocenters. The van der Waals surface area contributed by atoms with Crippen molar-refractivity contribution in [3.8, 4) is 0 Å². The fraction of sp³-hybridized carbons (Fsp3) is 0.429. The second kappa shape index (κ2) is 8.69. The van der Waals surface area contributed by atoms with Crippen LogP contribution in [0, 0.1) is 11.6 Å². The van der Waals surface area contributed by atoms with Crippen LogP contribution in [-0.4, -0.2) is 52.4 Å². The molecule has 0 radical (unpaired) electrons. The molecule has 0 aliphatic heterocycles. The van der Waals surface area contributed by atoms with E-state index in [1.54, 1.807) is 0 Å². The summed E-state index contributed by atoms with van der Waals surface area (Å²) in [6.45, 7) is -0.534. The number of nitrogens with one attached hydrogen (secondary N) is 1. The van der Waals surface area contributed by atoms with Gasteiger partial charge in [0.1, 0.15) is 16.5 Å². The highest BCUT2D eigenvalue weighted by molar-refractivity contribution is 7.89. The Morgan fingerprint density at radius 1 is 1.25 bits per heavy atom. The van der Waals surface area contributed by atoms with Crippen LogP contribution >= 0.6 is 0 Å². The lowest BCUT2D eigenvalue weighted by atomic mass is 10.3. The first kappa shape index (κ1) is 20.0. The van der Waals surface area contributed by atoms with E-state index in [-0.39, 0.29) is 25.3 Å². The van der Waals surface area contributed by atoms with Crippen molar-refractivity contribution < 1.29 is 31.5 Å². The molecule has 1 N–H and O–H groups in total. The molecule has 0 aliphatic carbocycles. The van der Waals surface area contributed by atoms with E-state index in [4.69, 9.17) is 4.74 Å². The van der Waals surface area contributed by atoms with E-state index < -0.39 is 39.1 Å². The lowest BCUT2D eigenvalue weighted by Crippen LogP contribution is -2.28. The molecule has 1 aromatic rings. The Labute approximate surface area is 138 Å². The van der Waals surface area contributed by atoms with Crippen molar-refractivity contribution in [2.75, 3.05) is 27.2 Å². The van der Waals surface area contributed by atoms with Crippen LogP contribution in [0.25, 0.3) is 0 Å². The number of hydrogen-bond acceptors (Lipinski definition) is 5. The predicted octanol–water partition coefficient (Wildman–Crippen LogP) is 0.655. The zero-order valence-corrected chi connectivity index (χ0v) is 14.0. The number of rotatable bonds is 8. The number of carbonyl (C=O) groups is 2. The van der Waals surface area contributed by atoms with Crippen LogP contribution in [0.4, 0.5) is 8.78 Å². The average molecular weight is 364 g/mol. The molecule has 0 atom stereocenters. The SMILES string of the molecule is CN(C)C(=O)COC(=O)CCCNS(=O)(=O)c1ccc(F)cc1F. The van der Waals surface area contributed by atoms with Gasteiger partial charge in [0.15, 0.2) is 6.61 Å². The molecule has 0 saturated carbocycles. The van der Waals surface area contributed by atoms with Crippen molar-refractivity contribution in [3.63, 3.8) is 0 Å². The van der Waals surface area contributed by atoms with Crippen molar-refractivity contribution >= 4 is 21.9 Å². The second-order valence-corrected chi connectivity index (χ2v) is 6.76. The van der Waals surface area contributed by atoms with Crippen LogP contribution in [-0.2, 0) is 24.3 Å². The van der Waals surface area contributed by atoms with E-state index >= 15 is 0 Å². The lowest BCUT2D eigenvalue weighted by molar-refractivity contribution is -0.151. The van der Waals surface area contributed by atoms with Gasteiger partial charge in [-0.05, 0) is 18.6 Å². The Bertz CT molecular complexity index is 707. The minimum Gasteiger partial charge on any atom is -0.456 e. The minimum absolute atomic E-state index is 0.0943. The maximum atomic E-state index is 13.5. The molecule has 1 rings (SSSR count). The molecule has 0 aromatic heterocycles. The first-order valence-corrected chi connectivity index (χ1v) is 8.42. The maximum absolute atomic E-state index is 13.5. The van der Waals surface area contributed by atoms with Crippen molar-refractivity contribution in [2.45, 2.75) is 17.7 Å². The molecule has 24 heavy (non-hydrogen) atoms. The van der Waals surface area contributed by atoms with Crippen LogP contribution in [0.1, 0.15) is 12.8 Å². The van der Waals surface area contributed by atoms with E-state index in [9.17, 15) is 26.8 Å². The molecular formula is C14H18F2N2O5S. The van der Waals surface area contributed by atoms with E-state index in [0.29, 0.717) is 6.07 Å². The number of benzene rings is 1. The Kier molecular flexibility index (Phi) is 7.23. The van der Waals surface area contributed by atoms with Gasteiger partial charge in [0.05, 0.1) is 0 Å². The number of nitrogens with zero attached hydrogens (tertiary/aromatic N) is 1. The van der Waals surface area contributed by atoms with Gasteiger partial charge < -0.3 is 9.64 Å². The van der Waals surface area contributed by atoms with E-state index in [1.165, 1.54) is 19.0 Å². The summed E-state index contributed by atoms with van der Waals surface area (Å²) in [5, 5.41) is 0. The fourth-order valence-corrected chi connectivity index (χ4v) is 2.69. The number of hydrogen-bond donors (Lipinski definition) is 1. The van der Waals surface area contributed by atoms with Gasteiger partial charge in [-0.25, -0.2) is 21.9 Å². The molecule has 134 valence electrons. The zero-order valence-electron chi connectivity index (χ0n) is 13.2. The number of carbonyl (C=O) groups excluding carboxylic acids is 2. The first-order chi connectivity index (χ1) is 11.1. The molecular weight excluding hydrogens is 346 g/mol. The van der Waals surface area contributed by atoms with Crippen LogP contribution in [0.2, 0.25) is 0 Å². The minimum atomic E-state index is -4.15. The predicted molar refractivity (Wildman–Crippen MR) is 80.4 cm³/mol. The average Bonchev–Trinajstić information content (AvgIpc) is 2.48. The van der Waals surface area contributed by atoms with Crippen LogP contribution < -0.4 is 4.72 Å². The topological polar surface area (TPSA) is 92.8 Å². The summed E-state index contributed by atoms with van der Waals surface area (Å²) in [4.78, 5) is 23.2. The normalized spacial score (nSPS) is 11.2. The monoisotopic (exact) mass is 364 g/mol. The molecule has 1 amide bonds. The summed E-state index contributed by atoms with van der Waals surface area (Å²) in [5.41, 5.74) is 0. The largest absolute Gasteiger partial charge is 0.456 e. The third-order valence-corrected chi connectivity index (χ3v) is 4.38. The number of ether oxygens (including phenoxy) is 1. The highest BCUT2D eigenvalue weighted by atomic mass is 32.2. The molecule has 1 aromatic carbocycles. The Morgan fingerprint density at radius 3 is 2.50 bits per heavy atom. The number of esters is 1. The summed E-state index contributed by atoms with van der Waals surface area (Å²) in [7, 11) is -1.12. The standard InChI is InChI=1S/C14H18F2N2O5S/c1-18(2)13(19)9-23-14(20)4-3-7-17-24(21,22)12-6-5-10(15)8-11(12)16/h5-6,8,17H,3-4,7,9H2,1-2H3. The molecule has 0 spiro atoms. The number of sulfonamides is 1. The fourth-order valence-electron chi connectivity index (χ4n) is 1.55. The molecule has 0 saturated heterocycles. The van der Waals surface area contributed by atoms with E-state index in [2.05, 4.69) is 4.72 Å². The summed E-state index contributed by atoms with van der Waals surface area (Å²) in [6.07, 6.45) is -0.0217. The molecule has 7 nitrogen and oxygen atoms in total. The summed E-state index contributed by atoms with van der Waals surface area (Å²) < 4.78 is 56.8. The van der Waals surface area contributed by atoms with Crippen molar-refractivity contribution in [2.24, 2.45) is 0 Å². The Balaban J connectivity index is 2.41. The van der Waals surface area contributed by atoms with Gasteiger partial charge in [0, 0.05) is 33.1 Å². The van der Waals surface area contributed by atoms with E-state index in [1.807, 2.05) is 0 Å². The summed E-state index contributed by atoms with van der Waals surface area (Å²) in [6, 6.07) is 2.11.